The van der Waals surface area contributed by atoms with Crippen LogP contribution in [0.25, 0.3) is 27.9 Å². The van der Waals surface area contributed by atoms with Gasteiger partial charge in [-0.2, -0.15) is 0 Å². The molecule has 1 N–H and O–H groups in total. The topological polar surface area (TPSA) is 72.2 Å². The van der Waals surface area contributed by atoms with Crippen molar-refractivity contribution in [3.8, 4) is 0 Å². The van der Waals surface area contributed by atoms with Gasteiger partial charge in [0, 0.05) is 23.0 Å². The Morgan fingerprint density at radius 3 is 2.95 bits per heavy atom. The van der Waals surface area contributed by atoms with Crippen LogP contribution in [0.1, 0.15) is 5.76 Å². The summed E-state index contributed by atoms with van der Waals surface area (Å²) in [6.07, 6.45) is 3.00. The molecule has 2 aromatic heterocycles. The zero-order valence-corrected chi connectivity index (χ0v) is 11.7. The number of halogens is 1. The van der Waals surface area contributed by atoms with Crippen LogP contribution in [0.2, 0.25) is 0 Å². The van der Waals surface area contributed by atoms with Gasteiger partial charge in [0.25, 0.3) is 11.1 Å². The molecule has 1 aliphatic rings. The molecule has 1 fully saturated rings. The standard InChI is InChI=1S/C15H7FN2O3S/c16-10-3-1-2-9-12(10)17-6-7-4-8(21-13(7)9)5-11-14(19)18-15(20)22-11/h1-6H,(H,18,19,20)/b11-5-. The molecule has 0 spiro atoms. The average molecular weight is 314 g/mol. The molecule has 2 amide bonds. The van der Waals surface area contributed by atoms with Gasteiger partial charge in [0.2, 0.25) is 0 Å². The maximum absolute atomic E-state index is 13.7. The Morgan fingerprint density at radius 1 is 1.32 bits per heavy atom. The van der Waals surface area contributed by atoms with Crippen LogP contribution < -0.4 is 5.32 Å². The van der Waals surface area contributed by atoms with Crippen LogP contribution in [0, 0.1) is 5.82 Å². The lowest BCUT2D eigenvalue weighted by Gasteiger charge is -1.98. The van der Waals surface area contributed by atoms with Gasteiger partial charge in [-0.3, -0.25) is 19.9 Å². The Morgan fingerprint density at radius 2 is 2.18 bits per heavy atom. The van der Waals surface area contributed by atoms with Crippen molar-refractivity contribution >= 4 is 50.9 Å². The minimum Gasteiger partial charge on any atom is -0.456 e. The minimum absolute atomic E-state index is 0.228. The van der Waals surface area contributed by atoms with Gasteiger partial charge in [0.1, 0.15) is 22.7 Å². The van der Waals surface area contributed by atoms with Crippen LogP contribution in [0.15, 0.2) is 39.8 Å². The highest BCUT2D eigenvalue weighted by Gasteiger charge is 2.25. The van der Waals surface area contributed by atoms with E-state index >= 15 is 0 Å². The molecule has 0 bridgehead atoms. The molecule has 4 rings (SSSR count). The smallest absolute Gasteiger partial charge is 0.290 e. The van der Waals surface area contributed by atoms with Crippen LogP contribution in [0.5, 0.6) is 0 Å². The summed E-state index contributed by atoms with van der Waals surface area (Å²) in [5, 5.41) is 3.01. The lowest BCUT2D eigenvalue weighted by molar-refractivity contribution is -0.115. The number of nitrogens with zero attached hydrogens (tertiary/aromatic N) is 1. The van der Waals surface area contributed by atoms with E-state index in [0.29, 0.717) is 22.1 Å². The summed E-state index contributed by atoms with van der Waals surface area (Å²) < 4.78 is 19.4. The fourth-order valence-corrected chi connectivity index (χ4v) is 2.98. The number of hydrogen-bond donors (Lipinski definition) is 1. The number of aromatic nitrogens is 1. The first-order valence-electron chi connectivity index (χ1n) is 6.33. The number of imide groups is 1. The van der Waals surface area contributed by atoms with E-state index in [1.165, 1.54) is 18.3 Å². The molecule has 3 aromatic rings. The van der Waals surface area contributed by atoms with E-state index in [9.17, 15) is 14.0 Å². The lowest BCUT2D eigenvalue weighted by atomic mass is 10.2. The molecule has 3 heterocycles. The number of hydrogen-bond acceptors (Lipinski definition) is 5. The SMILES string of the molecule is O=C1NC(=O)/C(=C/c2cc3cnc4c(F)cccc4c3o2)S1. The summed E-state index contributed by atoms with van der Waals surface area (Å²) in [7, 11) is 0. The second kappa shape index (κ2) is 4.67. The minimum atomic E-state index is -0.454. The summed E-state index contributed by atoms with van der Waals surface area (Å²) in [5.41, 5.74) is 0.720. The van der Waals surface area contributed by atoms with Crippen molar-refractivity contribution in [3.63, 3.8) is 0 Å². The number of carbonyl (C=O) groups is 2. The monoisotopic (exact) mass is 314 g/mol. The molecule has 1 saturated heterocycles. The van der Waals surface area contributed by atoms with Crippen molar-refractivity contribution in [2.24, 2.45) is 0 Å². The molecular formula is C15H7FN2O3S. The van der Waals surface area contributed by atoms with Gasteiger partial charge in [0.15, 0.2) is 0 Å². The Kier molecular flexibility index (Phi) is 2.77. The molecular weight excluding hydrogens is 307 g/mol. The highest BCUT2D eigenvalue weighted by Crippen LogP contribution is 2.31. The first-order chi connectivity index (χ1) is 10.6. The molecule has 1 aliphatic heterocycles. The number of benzene rings is 1. The Hall–Kier alpha value is -2.67. The van der Waals surface area contributed by atoms with E-state index in [-0.39, 0.29) is 10.4 Å². The van der Waals surface area contributed by atoms with Gasteiger partial charge in [-0.15, -0.1) is 0 Å². The van der Waals surface area contributed by atoms with Gasteiger partial charge >= 0.3 is 0 Å². The Labute approximate surface area is 127 Å². The average Bonchev–Trinajstić information content (AvgIpc) is 3.02. The lowest BCUT2D eigenvalue weighted by Crippen LogP contribution is -2.17. The van der Waals surface area contributed by atoms with E-state index < -0.39 is 17.0 Å². The quantitative estimate of drug-likeness (QED) is 0.697. The third-order valence-electron chi connectivity index (χ3n) is 3.26. The van der Waals surface area contributed by atoms with Crippen LogP contribution >= 0.6 is 11.8 Å². The van der Waals surface area contributed by atoms with Crippen LogP contribution in [-0.2, 0) is 4.79 Å². The largest absolute Gasteiger partial charge is 0.456 e. The van der Waals surface area contributed by atoms with E-state index in [4.69, 9.17) is 4.42 Å². The summed E-state index contributed by atoms with van der Waals surface area (Å²) in [4.78, 5) is 27.0. The normalized spacial score (nSPS) is 16.9. The summed E-state index contributed by atoms with van der Waals surface area (Å²) in [6.45, 7) is 0. The van der Waals surface area contributed by atoms with E-state index in [0.717, 1.165) is 11.8 Å². The second-order valence-corrected chi connectivity index (χ2v) is 5.69. The number of amides is 2. The number of furan rings is 1. The first-order valence-corrected chi connectivity index (χ1v) is 7.15. The van der Waals surface area contributed by atoms with Crippen molar-refractivity contribution in [1.29, 1.82) is 0 Å². The predicted octanol–water partition coefficient (Wildman–Crippen LogP) is 3.44. The summed E-state index contributed by atoms with van der Waals surface area (Å²) in [6, 6.07) is 6.32. The number of thioether (sulfide) groups is 1. The fourth-order valence-electron chi connectivity index (χ4n) is 2.32. The maximum atomic E-state index is 13.7. The van der Waals surface area contributed by atoms with Crippen molar-refractivity contribution in [2.75, 3.05) is 0 Å². The first kappa shape index (κ1) is 13.0. The van der Waals surface area contributed by atoms with Crippen LogP contribution in [0.4, 0.5) is 9.18 Å². The molecule has 5 nitrogen and oxygen atoms in total. The molecule has 1 aromatic carbocycles. The summed E-state index contributed by atoms with van der Waals surface area (Å²) >= 11 is 0.810. The van der Waals surface area contributed by atoms with Crippen molar-refractivity contribution in [2.45, 2.75) is 0 Å². The highest BCUT2D eigenvalue weighted by molar-refractivity contribution is 8.18. The van der Waals surface area contributed by atoms with Gasteiger partial charge < -0.3 is 4.42 Å². The highest BCUT2D eigenvalue weighted by atomic mass is 32.2. The van der Waals surface area contributed by atoms with Crippen LogP contribution in [0.3, 0.4) is 0 Å². The number of carbonyl (C=O) groups excluding carboxylic acids is 2. The number of para-hydroxylation sites is 1. The molecule has 0 saturated carbocycles. The van der Waals surface area contributed by atoms with Gasteiger partial charge in [-0.05, 0) is 30.0 Å². The molecule has 0 unspecified atom stereocenters. The zero-order chi connectivity index (χ0) is 15.3. The maximum Gasteiger partial charge on any atom is 0.290 e. The molecule has 7 heteroatoms. The number of rotatable bonds is 1. The van der Waals surface area contributed by atoms with Gasteiger partial charge in [-0.1, -0.05) is 6.07 Å². The molecule has 0 radical (unpaired) electrons. The van der Waals surface area contributed by atoms with E-state index in [1.54, 1.807) is 18.2 Å². The Balaban J connectivity index is 1.89. The number of nitrogens with one attached hydrogen (secondary N) is 1. The molecule has 0 aliphatic carbocycles. The number of pyridine rings is 1. The van der Waals surface area contributed by atoms with E-state index in [2.05, 4.69) is 10.3 Å². The van der Waals surface area contributed by atoms with Crippen molar-refractivity contribution < 1.29 is 18.4 Å². The molecule has 0 atom stereocenters. The van der Waals surface area contributed by atoms with E-state index in [1.807, 2.05) is 0 Å². The van der Waals surface area contributed by atoms with Gasteiger partial charge in [0.05, 0.1) is 4.91 Å². The number of fused-ring (bicyclic) bond motifs is 3. The zero-order valence-electron chi connectivity index (χ0n) is 10.9. The molecule has 22 heavy (non-hydrogen) atoms. The summed E-state index contributed by atoms with van der Waals surface area (Å²) in [5.74, 6) is -0.475. The van der Waals surface area contributed by atoms with Crippen molar-refractivity contribution in [3.05, 3.63) is 46.9 Å². The fraction of sp³-hybridized carbons (Fsp3) is 0. The third kappa shape index (κ3) is 1.98. The third-order valence-corrected chi connectivity index (χ3v) is 4.07. The van der Waals surface area contributed by atoms with Crippen molar-refractivity contribution in [1.82, 2.24) is 10.3 Å². The van der Waals surface area contributed by atoms with Gasteiger partial charge in [-0.25, -0.2) is 4.39 Å². The van der Waals surface area contributed by atoms with Crippen LogP contribution in [-0.4, -0.2) is 16.1 Å². The second-order valence-electron chi connectivity index (χ2n) is 4.68. The Bertz CT molecular complexity index is 993. The molecule has 108 valence electrons. The predicted molar refractivity (Wildman–Crippen MR) is 80.6 cm³/mol.